The van der Waals surface area contributed by atoms with Crippen molar-refractivity contribution in [2.45, 2.75) is 0 Å². The van der Waals surface area contributed by atoms with Crippen molar-refractivity contribution in [1.82, 2.24) is 5.43 Å². The van der Waals surface area contributed by atoms with Gasteiger partial charge in [-0.15, -0.1) is 0 Å². The molecule has 11 nitrogen and oxygen atoms in total. The number of esters is 1. The molecular formula is C26H16Br2N4O7. The Morgan fingerprint density at radius 3 is 2.41 bits per heavy atom. The third-order valence-corrected chi connectivity index (χ3v) is 6.09. The van der Waals surface area contributed by atoms with E-state index in [2.05, 4.69) is 47.7 Å². The highest BCUT2D eigenvalue weighted by atomic mass is 79.9. The normalized spacial score (nSPS) is 10.7. The Morgan fingerprint density at radius 2 is 1.72 bits per heavy atom. The first-order chi connectivity index (χ1) is 18.7. The summed E-state index contributed by atoms with van der Waals surface area (Å²) in [7, 11) is 0. The molecule has 0 spiro atoms. The predicted molar refractivity (Wildman–Crippen MR) is 148 cm³/mol. The zero-order chi connectivity index (χ0) is 27.9. The van der Waals surface area contributed by atoms with Crippen LogP contribution in [0.1, 0.15) is 36.8 Å². The van der Waals surface area contributed by atoms with E-state index in [1.54, 1.807) is 30.3 Å². The number of nitrogens with one attached hydrogen (secondary N) is 2. The average molecular weight is 656 g/mol. The van der Waals surface area contributed by atoms with Gasteiger partial charge in [0.1, 0.15) is 0 Å². The number of anilines is 1. The first kappa shape index (κ1) is 27.4. The van der Waals surface area contributed by atoms with E-state index in [1.807, 2.05) is 0 Å². The topological polar surface area (TPSA) is 153 Å². The van der Waals surface area contributed by atoms with Gasteiger partial charge in [-0.25, -0.2) is 10.2 Å². The molecule has 0 radical (unpaired) electrons. The number of hydrogen-bond donors (Lipinski definition) is 2. The van der Waals surface area contributed by atoms with E-state index in [1.165, 1.54) is 54.9 Å². The number of amides is 2. The second-order valence-corrected chi connectivity index (χ2v) is 9.48. The number of nitrogens with zero attached hydrogens (tertiary/aromatic N) is 2. The van der Waals surface area contributed by atoms with Gasteiger partial charge in [-0.2, -0.15) is 5.10 Å². The fraction of sp³-hybridized carbons (Fsp3) is 0. The number of hydrazone groups is 1. The van der Waals surface area contributed by atoms with Gasteiger partial charge in [0, 0.05) is 39.0 Å². The Balaban J connectivity index is 1.44. The smallest absolute Gasteiger partial charge is 0.379 e. The molecule has 0 aliphatic heterocycles. The summed E-state index contributed by atoms with van der Waals surface area (Å²) in [5.74, 6) is -1.61. The van der Waals surface area contributed by atoms with Crippen LogP contribution >= 0.6 is 31.9 Å². The number of ether oxygens (including phenoxy) is 1. The number of carbonyl (C=O) groups excluding carboxylic acids is 3. The van der Waals surface area contributed by atoms with Crippen LogP contribution in [-0.2, 0) is 0 Å². The lowest BCUT2D eigenvalue weighted by Gasteiger charge is -2.10. The molecule has 2 amide bonds. The second kappa shape index (κ2) is 12.3. The summed E-state index contributed by atoms with van der Waals surface area (Å²) in [6.45, 7) is 0. The minimum atomic E-state index is -0.714. The van der Waals surface area contributed by atoms with Crippen molar-refractivity contribution in [2.75, 3.05) is 5.32 Å². The van der Waals surface area contributed by atoms with Gasteiger partial charge in [0.25, 0.3) is 17.5 Å². The lowest BCUT2D eigenvalue weighted by molar-refractivity contribution is -0.384. The van der Waals surface area contributed by atoms with E-state index in [0.717, 1.165) is 0 Å². The average Bonchev–Trinajstić information content (AvgIpc) is 3.46. The maximum absolute atomic E-state index is 12.7. The van der Waals surface area contributed by atoms with Crippen molar-refractivity contribution in [2.24, 2.45) is 5.10 Å². The molecule has 1 heterocycles. The number of nitro benzene ring substituents is 1. The highest BCUT2D eigenvalue weighted by Gasteiger charge is 2.17. The van der Waals surface area contributed by atoms with Crippen LogP contribution in [0.5, 0.6) is 5.75 Å². The summed E-state index contributed by atoms with van der Waals surface area (Å²) in [6.07, 6.45) is 2.65. The quantitative estimate of drug-likeness (QED) is 0.0782. The van der Waals surface area contributed by atoms with E-state index in [0.29, 0.717) is 20.2 Å². The molecule has 0 fully saturated rings. The van der Waals surface area contributed by atoms with Gasteiger partial charge in [0.2, 0.25) is 5.76 Å². The third-order valence-electron chi connectivity index (χ3n) is 5.05. The maximum Gasteiger partial charge on any atom is 0.379 e. The third kappa shape index (κ3) is 7.03. The van der Waals surface area contributed by atoms with Gasteiger partial charge in [0.05, 0.1) is 21.9 Å². The molecule has 13 heteroatoms. The number of rotatable bonds is 8. The number of nitro groups is 1. The predicted octanol–water partition coefficient (Wildman–Crippen LogP) is 5.95. The Morgan fingerprint density at radius 1 is 0.949 bits per heavy atom. The molecular weight excluding hydrogens is 640 g/mol. The molecule has 0 aliphatic carbocycles. The zero-order valence-electron chi connectivity index (χ0n) is 19.6. The fourth-order valence-corrected chi connectivity index (χ4v) is 4.56. The molecule has 0 saturated carbocycles. The van der Waals surface area contributed by atoms with Crippen LogP contribution in [0.25, 0.3) is 0 Å². The van der Waals surface area contributed by atoms with Crippen LogP contribution in [0, 0.1) is 10.1 Å². The van der Waals surface area contributed by atoms with Crippen molar-refractivity contribution in [3.63, 3.8) is 0 Å². The summed E-state index contributed by atoms with van der Waals surface area (Å²) < 4.78 is 11.6. The van der Waals surface area contributed by atoms with Gasteiger partial charge < -0.3 is 14.5 Å². The Labute approximate surface area is 237 Å². The molecule has 0 unspecified atom stereocenters. The molecule has 0 saturated heterocycles. The van der Waals surface area contributed by atoms with Crippen LogP contribution in [0.2, 0.25) is 0 Å². The fourth-order valence-electron chi connectivity index (χ4n) is 3.22. The van der Waals surface area contributed by atoms with E-state index in [4.69, 9.17) is 9.15 Å². The number of benzene rings is 3. The highest BCUT2D eigenvalue weighted by Crippen LogP contribution is 2.32. The molecule has 39 heavy (non-hydrogen) atoms. The van der Waals surface area contributed by atoms with Crippen LogP contribution in [0.4, 0.5) is 11.4 Å². The molecule has 2 N–H and O–H groups in total. The second-order valence-electron chi connectivity index (χ2n) is 7.71. The van der Waals surface area contributed by atoms with Crippen LogP contribution in [0.15, 0.2) is 97.5 Å². The van der Waals surface area contributed by atoms with Gasteiger partial charge >= 0.3 is 5.97 Å². The minimum Gasteiger partial charge on any atom is -0.457 e. The van der Waals surface area contributed by atoms with Gasteiger partial charge in [0.15, 0.2) is 5.75 Å². The maximum atomic E-state index is 12.7. The van der Waals surface area contributed by atoms with Crippen molar-refractivity contribution in [3.05, 3.63) is 121 Å². The SMILES string of the molecule is O=C(NN=Cc1cc(Br)cc(Br)c1OC(=O)c1ccco1)c1cccc(NC(=O)c2ccc([N+](=O)[O-])cc2)c1. The lowest BCUT2D eigenvalue weighted by Crippen LogP contribution is -2.18. The van der Waals surface area contributed by atoms with E-state index in [9.17, 15) is 24.5 Å². The van der Waals surface area contributed by atoms with E-state index in [-0.39, 0.29) is 28.3 Å². The lowest BCUT2D eigenvalue weighted by atomic mass is 10.1. The standard InChI is InChI=1S/C26H16Br2N4O7/c27-18-11-17(23(21(28)13-18)39-26(35)22-5-2-10-38-22)14-29-31-25(34)16-3-1-4-19(12-16)30-24(33)15-6-8-20(9-7-15)32(36)37/h1-14H,(H,30,33)(H,31,34). The Hall–Kier alpha value is -4.62. The summed E-state index contributed by atoms with van der Waals surface area (Å²) in [5.41, 5.74) is 3.37. The molecule has 4 aromatic rings. The molecule has 0 atom stereocenters. The number of hydrogen-bond acceptors (Lipinski definition) is 8. The van der Waals surface area contributed by atoms with E-state index < -0.39 is 22.7 Å². The minimum absolute atomic E-state index is 0.0153. The number of furan rings is 1. The van der Waals surface area contributed by atoms with Crippen molar-refractivity contribution >= 4 is 67.2 Å². The Kier molecular flexibility index (Phi) is 8.63. The number of non-ortho nitro benzene ring substituents is 1. The molecule has 1 aromatic heterocycles. The highest BCUT2D eigenvalue weighted by molar-refractivity contribution is 9.11. The summed E-state index contributed by atoms with van der Waals surface area (Å²) in [5, 5.41) is 17.4. The molecule has 0 bridgehead atoms. The van der Waals surface area contributed by atoms with Crippen molar-refractivity contribution in [1.29, 1.82) is 0 Å². The summed E-state index contributed by atoms with van der Waals surface area (Å²) >= 11 is 6.71. The van der Waals surface area contributed by atoms with Gasteiger partial charge in [-0.1, -0.05) is 22.0 Å². The van der Waals surface area contributed by atoms with Crippen LogP contribution in [0.3, 0.4) is 0 Å². The van der Waals surface area contributed by atoms with Crippen LogP contribution < -0.4 is 15.5 Å². The molecule has 196 valence electrons. The monoisotopic (exact) mass is 654 g/mol. The molecule has 0 aliphatic rings. The van der Waals surface area contributed by atoms with Crippen LogP contribution in [-0.4, -0.2) is 28.9 Å². The van der Waals surface area contributed by atoms with Crippen molar-refractivity contribution < 1.29 is 28.5 Å². The number of carbonyl (C=O) groups is 3. The van der Waals surface area contributed by atoms with E-state index >= 15 is 0 Å². The molecule has 3 aromatic carbocycles. The molecule has 4 rings (SSSR count). The summed E-state index contributed by atoms with van der Waals surface area (Å²) in [6, 6.07) is 17.6. The van der Waals surface area contributed by atoms with Gasteiger partial charge in [-0.3, -0.25) is 19.7 Å². The number of halogens is 2. The largest absolute Gasteiger partial charge is 0.457 e. The van der Waals surface area contributed by atoms with Gasteiger partial charge in [-0.05, 0) is 70.5 Å². The zero-order valence-corrected chi connectivity index (χ0v) is 22.8. The first-order valence-electron chi connectivity index (χ1n) is 11.0. The first-order valence-corrected chi connectivity index (χ1v) is 12.5. The van der Waals surface area contributed by atoms with Crippen molar-refractivity contribution in [3.8, 4) is 5.75 Å². The Bertz CT molecular complexity index is 1590. The summed E-state index contributed by atoms with van der Waals surface area (Å²) in [4.78, 5) is 47.8.